The molecule has 0 aliphatic carbocycles. The summed E-state index contributed by atoms with van der Waals surface area (Å²) in [5.41, 5.74) is 1.11. The number of amides is 1. The smallest absolute Gasteiger partial charge is 0.227 e. The standard InChI is InChI=1S/C13H18N2O/c1-2-12(10-6-4-3-5-7-10)13(16)15-11-8-14-9-11/h3-7,11-12,14H,2,8-9H2,1H3,(H,15,16). The largest absolute Gasteiger partial charge is 0.350 e. The molecule has 0 spiro atoms. The molecule has 86 valence electrons. The Morgan fingerprint density at radius 3 is 2.62 bits per heavy atom. The minimum Gasteiger partial charge on any atom is -0.350 e. The van der Waals surface area contributed by atoms with E-state index in [-0.39, 0.29) is 11.8 Å². The van der Waals surface area contributed by atoms with Gasteiger partial charge in [-0.1, -0.05) is 37.3 Å². The van der Waals surface area contributed by atoms with Crippen molar-refractivity contribution in [1.29, 1.82) is 0 Å². The average molecular weight is 218 g/mol. The Labute approximate surface area is 96.2 Å². The molecule has 1 heterocycles. The Morgan fingerprint density at radius 2 is 2.12 bits per heavy atom. The highest BCUT2D eigenvalue weighted by molar-refractivity contribution is 5.83. The van der Waals surface area contributed by atoms with Crippen molar-refractivity contribution in [1.82, 2.24) is 10.6 Å². The summed E-state index contributed by atoms with van der Waals surface area (Å²) in [5, 5.41) is 6.21. The number of carbonyl (C=O) groups is 1. The lowest BCUT2D eigenvalue weighted by Gasteiger charge is -2.29. The summed E-state index contributed by atoms with van der Waals surface area (Å²) in [7, 11) is 0. The quantitative estimate of drug-likeness (QED) is 0.799. The molecule has 0 bridgehead atoms. The highest BCUT2D eigenvalue weighted by Gasteiger charge is 2.24. The van der Waals surface area contributed by atoms with Gasteiger partial charge in [0.05, 0.1) is 12.0 Å². The first-order chi connectivity index (χ1) is 7.81. The molecule has 1 aliphatic heterocycles. The lowest BCUT2D eigenvalue weighted by molar-refractivity contribution is -0.123. The van der Waals surface area contributed by atoms with Crippen molar-refractivity contribution >= 4 is 5.91 Å². The first-order valence-corrected chi connectivity index (χ1v) is 5.87. The molecule has 2 rings (SSSR count). The van der Waals surface area contributed by atoms with E-state index in [4.69, 9.17) is 0 Å². The van der Waals surface area contributed by atoms with Crippen LogP contribution in [0.5, 0.6) is 0 Å². The van der Waals surface area contributed by atoms with Crippen molar-refractivity contribution < 1.29 is 4.79 Å². The molecule has 3 heteroatoms. The van der Waals surface area contributed by atoms with Crippen LogP contribution in [0.3, 0.4) is 0 Å². The Balaban J connectivity index is 2.01. The van der Waals surface area contributed by atoms with E-state index in [1.807, 2.05) is 30.3 Å². The Kier molecular flexibility index (Phi) is 3.57. The van der Waals surface area contributed by atoms with E-state index in [1.165, 1.54) is 0 Å². The second-order valence-corrected chi connectivity index (χ2v) is 4.24. The van der Waals surface area contributed by atoms with Crippen molar-refractivity contribution in [3.8, 4) is 0 Å². The number of benzene rings is 1. The van der Waals surface area contributed by atoms with Gasteiger partial charge in [0, 0.05) is 13.1 Å². The van der Waals surface area contributed by atoms with Crippen LogP contribution < -0.4 is 10.6 Å². The van der Waals surface area contributed by atoms with Gasteiger partial charge in [-0.3, -0.25) is 4.79 Å². The van der Waals surface area contributed by atoms with Crippen LogP contribution >= 0.6 is 0 Å². The predicted molar refractivity (Wildman–Crippen MR) is 64.3 cm³/mol. The van der Waals surface area contributed by atoms with Gasteiger partial charge in [-0.15, -0.1) is 0 Å². The topological polar surface area (TPSA) is 41.1 Å². The first-order valence-electron chi connectivity index (χ1n) is 5.87. The van der Waals surface area contributed by atoms with Crippen molar-refractivity contribution in [3.05, 3.63) is 35.9 Å². The molecule has 0 radical (unpaired) electrons. The predicted octanol–water partition coefficient (Wildman–Crippen LogP) is 1.27. The highest BCUT2D eigenvalue weighted by Crippen LogP contribution is 2.19. The maximum absolute atomic E-state index is 12.0. The van der Waals surface area contributed by atoms with Gasteiger partial charge in [0.1, 0.15) is 0 Å². The van der Waals surface area contributed by atoms with Crippen LogP contribution in [0.4, 0.5) is 0 Å². The Morgan fingerprint density at radius 1 is 1.44 bits per heavy atom. The van der Waals surface area contributed by atoms with Gasteiger partial charge in [0.2, 0.25) is 5.91 Å². The molecule has 1 unspecified atom stereocenters. The van der Waals surface area contributed by atoms with E-state index in [0.29, 0.717) is 6.04 Å². The van der Waals surface area contributed by atoms with Crippen molar-refractivity contribution in [3.63, 3.8) is 0 Å². The first kappa shape index (κ1) is 11.1. The van der Waals surface area contributed by atoms with Gasteiger partial charge in [0.25, 0.3) is 0 Å². The SMILES string of the molecule is CCC(C(=O)NC1CNC1)c1ccccc1. The highest BCUT2D eigenvalue weighted by atomic mass is 16.2. The van der Waals surface area contributed by atoms with Crippen LogP contribution in [-0.2, 0) is 4.79 Å². The van der Waals surface area contributed by atoms with Crippen molar-refractivity contribution in [2.45, 2.75) is 25.3 Å². The van der Waals surface area contributed by atoms with Crippen molar-refractivity contribution in [2.24, 2.45) is 0 Å². The van der Waals surface area contributed by atoms with Crippen molar-refractivity contribution in [2.75, 3.05) is 13.1 Å². The second kappa shape index (κ2) is 5.12. The lowest BCUT2D eigenvalue weighted by Crippen LogP contribution is -2.57. The Bertz CT molecular complexity index is 346. The summed E-state index contributed by atoms with van der Waals surface area (Å²) < 4.78 is 0. The van der Waals surface area contributed by atoms with E-state index < -0.39 is 0 Å². The molecule has 1 amide bonds. The molecule has 16 heavy (non-hydrogen) atoms. The molecule has 0 aromatic heterocycles. The van der Waals surface area contributed by atoms with E-state index in [1.54, 1.807) is 0 Å². The van der Waals surface area contributed by atoms with E-state index >= 15 is 0 Å². The maximum Gasteiger partial charge on any atom is 0.227 e. The van der Waals surface area contributed by atoms with E-state index in [2.05, 4.69) is 17.6 Å². The molecule has 2 N–H and O–H groups in total. The molecular weight excluding hydrogens is 200 g/mol. The van der Waals surface area contributed by atoms with Gasteiger partial charge in [0.15, 0.2) is 0 Å². The minimum atomic E-state index is -0.0122. The third kappa shape index (κ3) is 2.42. The number of rotatable bonds is 4. The fraction of sp³-hybridized carbons (Fsp3) is 0.462. The average Bonchev–Trinajstić information content (AvgIpc) is 2.26. The monoisotopic (exact) mass is 218 g/mol. The van der Waals surface area contributed by atoms with Crippen LogP contribution in [0.1, 0.15) is 24.8 Å². The van der Waals surface area contributed by atoms with Gasteiger partial charge in [-0.25, -0.2) is 0 Å². The molecule has 1 aliphatic rings. The lowest BCUT2D eigenvalue weighted by atomic mass is 9.95. The molecule has 3 nitrogen and oxygen atoms in total. The molecule has 1 saturated heterocycles. The van der Waals surface area contributed by atoms with Crippen LogP contribution in [0.25, 0.3) is 0 Å². The normalized spacial score (nSPS) is 17.6. The zero-order valence-corrected chi connectivity index (χ0v) is 9.57. The number of hydrogen-bond acceptors (Lipinski definition) is 2. The zero-order valence-electron chi connectivity index (χ0n) is 9.57. The number of nitrogens with one attached hydrogen (secondary N) is 2. The molecule has 1 aromatic carbocycles. The van der Waals surface area contributed by atoms with Gasteiger partial charge in [-0.05, 0) is 12.0 Å². The molecule has 1 atom stereocenters. The maximum atomic E-state index is 12.0. The summed E-state index contributed by atoms with van der Waals surface area (Å²) in [6.07, 6.45) is 0.843. The fourth-order valence-corrected chi connectivity index (χ4v) is 1.95. The molecule has 0 saturated carbocycles. The van der Waals surface area contributed by atoms with E-state index in [9.17, 15) is 4.79 Å². The summed E-state index contributed by atoms with van der Waals surface area (Å²) in [4.78, 5) is 12.0. The molecule has 1 aromatic rings. The van der Waals surface area contributed by atoms with Crippen LogP contribution in [0, 0.1) is 0 Å². The summed E-state index contributed by atoms with van der Waals surface area (Å²) in [6.45, 7) is 3.85. The van der Waals surface area contributed by atoms with Gasteiger partial charge < -0.3 is 10.6 Å². The van der Waals surface area contributed by atoms with Crippen LogP contribution in [-0.4, -0.2) is 25.0 Å². The van der Waals surface area contributed by atoms with E-state index in [0.717, 1.165) is 25.1 Å². The molecule has 1 fully saturated rings. The minimum absolute atomic E-state index is 0.0122. The number of carbonyl (C=O) groups excluding carboxylic acids is 1. The summed E-state index contributed by atoms with van der Waals surface area (Å²) >= 11 is 0. The Hall–Kier alpha value is -1.35. The van der Waals surface area contributed by atoms with Gasteiger partial charge in [-0.2, -0.15) is 0 Å². The van der Waals surface area contributed by atoms with Gasteiger partial charge >= 0.3 is 0 Å². The third-order valence-electron chi connectivity index (χ3n) is 3.05. The fourth-order valence-electron chi connectivity index (χ4n) is 1.95. The summed E-state index contributed by atoms with van der Waals surface area (Å²) in [6, 6.07) is 10.3. The van der Waals surface area contributed by atoms with Crippen LogP contribution in [0.15, 0.2) is 30.3 Å². The zero-order chi connectivity index (χ0) is 11.4. The second-order valence-electron chi connectivity index (χ2n) is 4.24. The molecular formula is C13H18N2O. The third-order valence-corrected chi connectivity index (χ3v) is 3.05. The number of hydrogen-bond donors (Lipinski definition) is 2. The van der Waals surface area contributed by atoms with Crippen LogP contribution in [0.2, 0.25) is 0 Å². The summed E-state index contributed by atoms with van der Waals surface area (Å²) in [5.74, 6) is 0.141.